The maximum absolute atomic E-state index is 12.8. The Labute approximate surface area is 191 Å². The second-order valence-electron chi connectivity index (χ2n) is 7.83. The highest BCUT2D eigenvalue weighted by atomic mass is 32.2. The van der Waals surface area contributed by atoms with Gasteiger partial charge < -0.3 is 15.0 Å². The van der Waals surface area contributed by atoms with Crippen molar-refractivity contribution in [2.45, 2.75) is 13.8 Å². The van der Waals surface area contributed by atoms with Gasteiger partial charge in [-0.3, -0.25) is 19.3 Å². The monoisotopic (exact) mass is 451 g/mol. The van der Waals surface area contributed by atoms with Crippen LogP contribution in [0.4, 0.5) is 16.2 Å². The van der Waals surface area contributed by atoms with Gasteiger partial charge in [-0.1, -0.05) is 18.2 Å². The summed E-state index contributed by atoms with van der Waals surface area (Å²) >= 11 is 0.860. The highest BCUT2D eigenvalue weighted by molar-refractivity contribution is 8.18. The van der Waals surface area contributed by atoms with Gasteiger partial charge in [0.2, 0.25) is 5.91 Å². The summed E-state index contributed by atoms with van der Waals surface area (Å²) in [4.78, 5) is 41.2. The number of thioether (sulfide) groups is 1. The second kappa shape index (κ2) is 9.58. The van der Waals surface area contributed by atoms with E-state index in [9.17, 15) is 14.4 Å². The highest BCUT2D eigenvalue weighted by Crippen LogP contribution is 2.33. The van der Waals surface area contributed by atoms with Crippen LogP contribution in [0.25, 0.3) is 6.08 Å². The molecule has 0 bridgehead atoms. The van der Waals surface area contributed by atoms with Crippen molar-refractivity contribution in [1.82, 2.24) is 4.90 Å². The number of morpholine rings is 1. The van der Waals surface area contributed by atoms with E-state index in [0.29, 0.717) is 23.8 Å². The zero-order valence-electron chi connectivity index (χ0n) is 18.1. The molecule has 0 aromatic heterocycles. The third-order valence-electron chi connectivity index (χ3n) is 5.39. The summed E-state index contributed by atoms with van der Waals surface area (Å²) in [5, 5.41) is 2.29. The number of benzene rings is 2. The first-order valence-corrected chi connectivity index (χ1v) is 11.3. The van der Waals surface area contributed by atoms with E-state index in [-0.39, 0.29) is 6.54 Å². The van der Waals surface area contributed by atoms with Gasteiger partial charge in [0.1, 0.15) is 6.54 Å². The molecule has 0 unspecified atom stereocenters. The topological polar surface area (TPSA) is 79.0 Å². The molecular formula is C24H25N3O4S. The Bertz CT molecular complexity index is 1090. The molecule has 32 heavy (non-hydrogen) atoms. The molecule has 3 amide bonds. The fourth-order valence-electron chi connectivity index (χ4n) is 3.68. The number of ether oxygens (including phenoxy) is 1. The molecule has 0 aliphatic carbocycles. The maximum atomic E-state index is 12.8. The lowest BCUT2D eigenvalue weighted by molar-refractivity contribution is -0.127. The van der Waals surface area contributed by atoms with E-state index in [0.717, 1.165) is 52.1 Å². The molecule has 166 valence electrons. The standard InChI is InChI=1S/C24H25N3O4S/c1-16-4-3-5-19(12-16)25-22(28)15-27-23(29)21(32-24(27)30)14-18-6-7-20(13-17(18)2)26-8-10-31-11-9-26/h3-7,12-14H,8-11,15H2,1-2H3,(H,25,28). The van der Waals surface area contributed by atoms with Gasteiger partial charge in [-0.2, -0.15) is 0 Å². The molecule has 7 nitrogen and oxygen atoms in total. The van der Waals surface area contributed by atoms with Gasteiger partial charge in [-0.15, -0.1) is 0 Å². The number of amides is 3. The molecule has 0 spiro atoms. The molecule has 2 fully saturated rings. The summed E-state index contributed by atoms with van der Waals surface area (Å²) in [6, 6.07) is 13.4. The van der Waals surface area contributed by atoms with E-state index in [2.05, 4.69) is 16.3 Å². The molecule has 8 heteroatoms. The molecular weight excluding hydrogens is 426 g/mol. The maximum Gasteiger partial charge on any atom is 0.294 e. The zero-order valence-corrected chi connectivity index (χ0v) is 18.9. The lowest BCUT2D eigenvalue weighted by Crippen LogP contribution is -2.36. The van der Waals surface area contributed by atoms with Crippen LogP contribution in [0.2, 0.25) is 0 Å². The lowest BCUT2D eigenvalue weighted by Gasteiger charge is -2.29. The molecule has 0 saturated carbocycles. The molecule has 2 aromatic carbocycles. The van der Waals surface area contributed by atoms with Crippen molar-refractivity contribution in [2.75, 3.05) is 43.1 Å². The Morgan fingerprint density at radius 1 is 1.12 bits per heavy atom. The predicted molar refractivity (Wildman–Crippen MR) is 127 cm³/mol. The first-order valence-electron chi connectivity index (χ1n) is 10.5. The summed E-state index contributed by atoms with van der Waals surface area (Å²) in [5.74, 6) is -0.860. The molecule has 2 aliphatic heterocycles. The Morgan fingerprint density at radius 2 is 1.91 bits per heavy atom. The van der Waals surface area contributed by atoms with E-state index in [4.69, 9.17) is 4.74 Å². The largest absolute Gasteiger partial charge is 0.378 e. The number of anilines is 2. The predicted octanol–water partition coefficient (Wildman–Crippen LogP) is 3.82. The number of hydrogen-bond acceptors (Lipinski definition) is 6. The van der Waals surface area contributed by atoms with Crippen molar-refractivity contribution in [1.29, 1.82) is 0 Å². The van der Waals surface area contributed by atoms with Gasteiger partial charge in [-0.05, 0) is 72.6 Å². The molecule has 1 N–H and O–H groups in total. The number of nitrogens with zero attached hydrogens (tertiary/aromatic N) is 2. The SMILES string of the molecule is Cc1cccc(NC(=O)CN2C(=O)SC(=Cc3ccc(N4CCOCC4)cc3C)C2=O)c1. The van der Waals surface area contributed by atoms with Crippen LogP contribution in [0.5, 0.6) is 0 Å². The van der Waals surface area contributed by atoms with Gasteiger partial charge in [0.15, 0.2) is 0 Å². The van der Waals surface area contributed by atoms with Gasteiger partial charge in [0, 0.05) is 24.5 Å². The average Bonchev–Trinajstić information content (AvgIpc) is 3.03. The molecule has 2 saturated heterocycles. The van der Waals surface area contributed by atoms with Crippen LogP contribution in [-0.4, -0.2) is 54.8 Å². The van der Waals surface area contributed by atoms with Crippen LogP contribution in [0.15, 0.2) is 47.4 Å². The molecule has 2 aromatic rings. The van der Waals surface area contributed by atoms with Crippen LogP contribution >= 0.6 is 11.8 Å². The molecule has 4 rings (SSSR count). The minimum Gasteiger partial charge on any atom is -0.378 e. The van der Waals surface area contributed by atoms with Crippen molar-refractivity contribution in [2.24, 2.45) is 0 Å². The number of imide groups is 1. The minimum absolute atomic E-state index is 0.315. The van der Waals surface area contributed by atoms with Gasteiger partial charge in [-0.25, -0.2) is 0 Å². The summed E-state index contributed by atoms with van der Waals surface area (Å²) in [7, 11) is 0. The van der Waals surface area contributed by atoms with Crippen molar-refractivity contribution in [3.8, 4) is 0 Å². The van der Waals surface area contributed by atoms with E-state index < -0.39 is 17.1 Å². The number of carbonyl (C=O) groups is 3. The Morgan fingerprint density at radius 3 is 2.62 bits per heavy atom. The number of rotatable bonds is 5. The zero-order chi connectivity index (χ0) is 22.7. The van der Waals surface area contributed by atoms with Crippen molar-refractivity contribution in [3.63, 3.8) is 0 Å². The highest BCUT2D eigenvalue weighted by Gasteiger charge is 2.36. The Hall–Kier alpha value is -3.10. The summed E-state index contributed by atoms with van der Waals surface area (Å²) < 4.78 is 5.41. The second-order valence-corrected chi connectivity index (χ2v) is 8.82. The van der Waals surface area contributed by atoms with Crippen molar-refractivity contribution in [3.05, 3.63) is 64.1 Å². The van der Waals surface area contributed by atoms with E-state index in [1.165, 1.54) is 0 Å². The average molecular weight is 452 g/mol. The third kappa shape index (κ3) is 5.03. The Balaban J connectivity index is 1.44. The molecule has 0 atom stereocenters. The van der Waals surface area contributed by atoms with Crippen LogP contribution in [0, 0.1) is 13.8 Å². The third-order valence-corrected chi connectivity index (χ3v) is 6.30. The summed E-state index contributed by atoms with van der Waals surface area (Å²) in [6.07, 6.45) is 1.72. The molecule has 2 heterocycles. The molecule has 2 aliphatic rings. The van der Waals surface area contributed by atoms with Gasteiger partial charge in [0.05, 0.1) is 18.1 Å². The normalized spacial score (nSPS) is 17.9. The van der Waals surface area contributed by atoms with Crippen molar-refractivity contribution < 1.29 is 19.1 Å². The quantitative estimate of drug-likeness (QED) is 0.697. The van der Waals surface area contributed by atoms with Crippen LogP contribution in [0.3, 0.4) is 0 Å². The van der Waals surface area contributed by atoms with Gasteiger partial charge >= 0.3 is 0 Å². The molecule has 0 radical (unpaired) electrons. The first-order chi connectivity index (χ1) is 15.4. The van der Waals surface area contributed by atoms with E-state index in [1.807, 2.05) is 44.2 Å². The number of nitrogens with one attached hydrogen (secondary N) is 1. The summed E-state index contributed by atoms with van der Waals surface area (Å²) in [5.41, 5.74) is 4.64. The smallest absolute Gasteiger partial charge is 0.294 e. The summed E-state index contributed by atoms with van der Waals surface area (Å²) in [6.45, 7) is 6.72. The van der Waals surface area contributed by atoms with Crippen LogP contribution in [-0.2, 0) is 14.3 Å². The minimum atomic E-state index is -0.448. The fourth-order valence-corrected chi connectivity index (χ4v) is 4.51. The Kier molecular flexibility index (Phi) is 6.62. The lowest BCUT2D eigenvalue weighted by atomic mass is 10.1. The number of hydrogen-bond donors (Lipinski definition) is 1. The van der Waals surface area contributed by atoms with Gasteiger partial charge in [0.25, 0.3) is 11.1 Å². The van der Waals surface area contributed by atoms with Crippen molar-refractivity contribution >= 4 is 46.3 Å². The van der Waals surface area contributed by atoms with Crippen LogP contribution in [0.1, 0.15) is 16.7 Å². The van der Waals surface area contributed by atoms with E-state index in [1.54, 1.807) is 12.1 Å². The first kappa shape index (κ1) is 22.1. The fraction of sp³-hybridized carbons (Fsp3) is 0.292. The van der Waals surface area contributed by atoms with Crippen LogP contribution < -0.4 is 10.2 Å². The number of carbonyl (C=O) groups excluding carboxylic acids is 3. The number of aryl methyl sites for hydroxylation is 2. The van der Waals surface area contributed by atoms with E-state index >= 15 is 0 Å².